The average molecular weight is 361 g/mol. The third-order valence-electron chi connectivity index (χ3n) is 2.98. The molecule has 1 aromatic carbocycles. The Labute approximate surface area is 130 Å². The first-order valence-corrected chi connectivity index (χ1v) is 7.93. The molecule has 5 heteroatoms. The minimum atomic E-state index is 0.202. The van der Waals surface area contributed by atoms with Gasteiger partial charge in [-0.3, -0.25) is 0 Å². The summed E-state index contributed by atoms with van der Waals surface area (Å²) in [6, 6.07) is 8.19. The number of hydrogen-bond donors (Lipinski definition) is 1. The minimum absolute atomic E-state index is 0.202. The summed E-state index contributed by atoms with van der Waals surface area (Å²) in [6.45, 7) is 0. The lowest BCUT2D eigenvalue weighted by molar-refractivity contribution is 0.405. The first-order chi connectivity index (χ1) is 9.15. The monoisotopic (exact) mass is 359 g/mol. The van der Waals surface area contributed by atoms with Gasteiger partial charge >= 0.3 is 0 Å². The molecular weight excluding hydrogens is 346 g/mol. The molecular formula is C14H15BrClNOS. The molecule has 102 valence electrons. The van der Waals surface area contributed by atoms with Crippen LogP contribution in [0, 0.1) is 0 Å². The number of rotatable bonds is 5. The van der Waals surface area contributed by atoms with E-state index in [9.17, 15) is 0 Å². The van der Waals surface area contributed by atoms with E-state index in [1.54, 1.807) is 18.4 Å². The summed E-state index contributed by atoms with van der Waals surface area (Å²) in [5, 5.41) is 6.16. The molecule has 1 heterocycles. The van der Waals surface area contributed by atoms with Crippen molar-refractivity contribution in [1.82, 2.24) is 5.32 Å². The van der Waals surface area contributed by atoms with E-state index in [-0.39, 0.29) is 6.04 Å². The maximum atomic E-state index is 6.28. The molecule has 2 rings (SSSR count). The van der Waals surface area contributed by atoms with Crippen LogP contribution >= 0.6 is 38.9 Å². The molecule has 0 bridgehead atoms. The zero-order valence-corrected chi connectivity index (χ0v) is 13.9. The van der Waals surface area contributed by atoms with Gasteiger partial charge in [-0.15, -0.1) is 11.3 Å². The van der Waals surface area contributed by atoms with Gasteiger partial charge in [0.2, 0.25) is 0 Å². The third-order valence-corrected chi connectivity index (χ3v) is 4.84. The summed E-state index contributed by atoms with van der Waals surface area (Å²) >= 11 is 11.4. The van der Waals surface area contributed by atoms with Crippen LogP contribution in [0.1, 0.15) is 16.5 Å². The van der Waals surface area contributed by atoms with Gasteiger partial charge in [-0.05, 0) is 42.6 Å². The Kier molecular flexibility index (Phi) is 5.28. The van der Waals surface area contributed by atoms with Crippen molar-refractivity contribution in [1.29, 1.82) is 0 Å². The molecule has 0 spiro atoms. The predicted molar refractivity (Wildman–Crippen MR) is 85.5 cm³/mol. The van der Waals surface area contributed by atoms with Gasteiger partial charge < -0.3 is 10.1 Å². The lowest BCUT2D eigenvalue weighted by Gasteiger charge is -2.17. The fourth-order valence-corrected chi connectivity index (χ4v) is 3.69. The SMILES string of the molecule is CNC(Cc1ccc(Br)cc1Cl)c1sccc1OC. The van der Waals surface area contributed by atoms with E-state index in [1.807, 2.05) is 30.6 Å². The second-order valence-electron chi connectivity index (χ2n) is 4.13. The van der Waals surface area contributed by atoms with E-state index in [1.165, 1.54) is 4.88 Å². The second-order valence-corrected chi connectivity index (χ2v) is 6.40. The quantitative estimate of drug-likeness (QED) is 0.836. The number of thiophene rings is 1. The molecule has 19 heavy (non-hydrogen) atoms. The topological polar surface area (TPSA) is 21.3 Å². The maximum absolute atomic E-state index is 6.28. The van der Waals surface area contributed by atoms with E-state index >= 15 is 0 Å². The number of ether oxygens (including phenoxy) is 1. The van der Waals surface area contributed by atoms with Crippen molar-refractivity contribution in [3.63, 3.8) is 0 Å². The highest BCUT2D eigenvalue weighted by molar-refractivity contribution is 9.10. The maximum Gasteiger partial charge on any atom is 0.134 e. The molecule has 1 aromatic heterocycles. The Hall–Kier alpha value is -0.550. The van der Waals surface area contributed by atoms with E-state index in [4.69, 9.17) is 16.3 Å². The van der Waals surface area contributed by atoms with Crippen LogP contribution in [0.25, 0.3) is 0 Å². The van der Waals surface area contributed by atoms with Gasteiger partial charge in [0, 0.05) is 15.5 Å². The van der Waals surface area contributed by atoms with E-state index in [0.717, 1.165) is 27.2 Å². The highest BCUT2D eigenvalue weighted by Gasteiger charge is 2.17. The summed E-state index contributed by atoms with van der Waals surface area (Å²) in [6.07, 6.45) is 0.833. The van der Waals surface area contributed by atoms with Crippen molar-refractivity contribution >= 4 is 38.9 Å². The van der Waals surface area contributed by atoms with Crippen LogP contribution < -0.4 is 10.1 Å². The van der Waals surface area contributed by atoms with Crippen molar-refractivity contribution in [2.24, 2.45) is 0 Å². The molecule has 0 aliphatic carbocycles. The van der Waals surface area contributed by atoms with Crippen LogP contribution in [0.15, 0.2) is 34.1 Å². The molecule has 0 fully saturated rings. The summed E-state index contributed by atoms with van der Waals surface area (Å²) in [5.74, 6) is 0.928. The Morgan fingerprint density at radius 1 is 1.42 bits per heavy atom. The van der Waals surface area contributed by atoms with Crippen molar-refractivity contribution in [2.75, 3.05) is 14.2 Å². The van der Waals surface area contributed by atoms with Gasteiger partial charge in [0.15, 0.2) is 0 Å². The van der Waals surface area contributed by atoms with Crippen molar-refractivity contribution in [3.8, 4) is 5.75 Å². The summed E-state index contributed by atoms with van der Waals surface area (Å²) < 4.78 is 6.38. The van der Waals surface area contributed by atoms with E-state index < -0.39 is 0 Å². The van der Waals surface area contributed by atoms with Gasteiger partial charge in [-0.1, -0.05) is 33.6 Å². The summed E-state index contributed by atoms with van der Waals surface area (Å²) in [7, 11) is 3.65. The van der Waals surface area contributed by atoms with Crippen LogP contribution in [0.5, 0.6) is 5.75 Å². The van der Waals surface area contributed by atoms with Gasteiger partial charge in [0.1, 0.15) is 5.75 Å². The molecule has 0 saturated carbocycles. The first kappa shape index (κ1) is 14.9. The van der Waals surface area contributed by atoms with Crippen LogP contribution in [0.3, 0.4) is 0 Å². The molecule has 1 unspecified atom stereocenters. The Morgan fingerprint density at radius 3 is 2.84 bits per heavy atom. The normalized spacial score (nSPS) is 12.4. The number of hydrogen-bond acceptors (Lipinski definition) is 3. The largest absolute Gasteiger partial charge is 0.496 e. The molecule has 0 radical (unpaired) electrons. The van der Waals surface area contributed by atoms with Crippen molar-refractivity contribution in [2.45, 2.75) is 12.5 Å². The Bertz CT molecular complexity index is 558. The van der Waals surface area contributed by atoms with Crippen LogP contribution in [-0.4, -0.2) is 14.2 Å². The zero-order chi connectivity index (χ0) is 13.8. The molecule has 0 amide bonds. The van der Waals surface area contributed by atoms with Gasteiger partial charge in [-0.2, -0.15) is 0 Å². The fourth-order valence-electron chi connectivity index (χ4n) is 1.96. The summed E-state index contributed by atoms with van der Waals surface area (Å²) in [5.41, 5.74) is 1.12. The zero-order valence-electron chi connectivity index (χ0n) is 10.7. The van der Waals surface area contributed by atoms with Gasteiger partial charge in [0.05, 0.1) is 12.0 Å². The lowest BCUT2D eigenvalue weighted by Crippen LogP contribution is -2.18. The minimum Gasteiger partial charge on any atom is -0.496 e. The number of nitrogens with one attached hydrogen (secondary N) is 1. The first-order valence-electron chi connectivity index (χ1n) is 5.88. The van der Waals surface area contributed by atoms with E-state index in [2.05, 4.69) is 27.3 Å². The van der Waals surface area contributed by atoms with Gasteiger partial charge in [-0.25, -0.2) is 0 Å². The van der Waals surface area contributed by atoms with Gasteiger partial charge in [0.25, 0.3) is 0 Å². The molecule has 2 nitrogen and oxygen atoms in total. The lowest BCUT2D eigenvalue weighted by atomic mass is 10.0. The van der Waals surface area contributed by atoms with E-state index in [0.29, 0.717) is 0 Å². The van der Waals surface area contributed by atoms with Crippen molar-refractivity contribution in [3.05, 3.63) is 49.6 Å². The van der Waals surface area contributed by atoms with Crippen LogP contribution in [0.2, 0.25) is 5.02 Å². The smallest absolute Gasteiger partial charge is 0.134 e. The molecule has 1 N–H and O–H groups in total. The number of benzene rings is 1. The molecule has 0 saturated heterocycles. The Morgan fingerprint density at radius 2 is 2.21 bits per heavy atom. The number of likely N-dealkylation sites (N-methyl/N-ethyl adjacent to an activating group) is 1. The standard InChI is InChI=1S/C14H15BrClNOS/c1-17-12(14-13(18-2)5-6-19-14)7-9-3-4-10(15)8-11(9)16/h3-6,8,12,17H,7H2,1-2H3. The van der Waals surface area contributed by atoms with Crippen molar-refractivity contribution < 1.29 is 4.74 Å². The number of halogens is 2. The average Bonchev–Trinajstić information content (AvgIpc) is 2.86. The highest BCUT2D eigenvalue weighted by Crippen LogP contribution is 2.34. The summed E-state index contributed by atoms with van der Waals surface area (Å²) in [4.78, 5) is 1.20. The highest BCUT2D eigenvalue weighted by atomic mass is 79.9. The van der Waals surface area contributed by atoms with Crippen LogP contribution in [0.4, 0.5) is 0 Å². The molecule has 1 atom stereocenters. The molecule has 0 aliphatic heterocycles. The number of methoxy groups -OCH3 is 1. The fraction of sp³-hybridized carbons (Fsp3) is 0.286. The third kappa shape index (κ3) is 3.51. The second kappa shape index (κ2) is 6.75. The Balaban J connectivity index is 2.24. The molecule has 2 aromatic rings. The predicted octanol–water partition coefficient (Wildman–Crippen LogP) is 4.68. The van der Waals surface area contributed by atoms with Crippen LogP contribution in [-0.2, 0) is 6.42 Å². The molecule has 0 aliphatic rings.